The van der Waals surface area contributed by atoms with Gasteiger partial charge in [-0.2, -0.15) is 0 Å². The number of hydrogen-bond donors (Lipinski definition) is 3. The second-order valence-electron chi connectivity index (χ2n) is 14.8. The van der Waals surface area contributed by atoms with E-state index in [1.54, 1.807) is 6.08 Å². The van der Waals surface area contributed by atoms with Crippen molar-refractivity contribution in [1.82, 2.24) is 24.8 Å². The Hall–Kier alpha value is -4.83. The topological polar surface area (TPSA) is 141 Å². The summed E-state index contributed by atoms with van der Waals surface area (Å²) in [6.07, 6.45) is 9.28. The van der Waals surface area contributed by atoms with Gasteiger partial charge in [0.15, 0.2) is 0 Å². The van der Waals surface area contributed by atoms with Crippen LogP contribution in [-0.4, -0.2) is 67.5 Å². The molecule has 2 aromatic heterocycles. The Kier molecular flexibility index (Phi) is 9.09. The number of ether oxygens (including phenoxy) is 1. The summed E-state index contributed by atoms with van der Waals surface area (Å²) in [6.45, 7) is 14.5. The van der Waals surface area contributed by atoms with E-state index in [0.29, 0.717) is 46.5 Å². The van der Waals surface area contributed by atoms with Crippen molar-refractivity contribution < 1.29 is 24.2 Å². The van der Waals surface area contributed by atoms with Crippen LogP contribution in [-0.2, 0) is 14.9 Å². The normalized spacial score (nSPS) is 23.5. The average Bonchev–Trinajstić information content (AvgIpc) is 3.80. The summed E-state index contributed by atoms with van der Waals surface area (Å²) in [5.41, 5.74) is 10.0. The third-order valence-corrected chi connectivity index (χ3v) is 12.0. The molecule has 3 N–H and O–H groups in total. The van der Waals surface area contributed by atoms with E-state index in [2.05, 4.69) is 30.7 Å². The van der Waals surface area contributed by atoms with Gasteiger partial charge in [-0.1, -0.05) is 58.3 Å². The molecule has 1 aliphatic carbocycles. The highest BCUT2D eigenvalue weighted by Gasteiger charge is 2.48. The zero-order valence-electron chi connectivity index (χ0n) is 31.5. The molecule has 10 heteroatoms. The number of aromatic amines is 2. The van der Waals surface area contributed by atoms with Crippen LogP contribution in [0.5, 0.6) is 0 Å². The molecule has 0 aromatic carbocycles. The molecule has 6 heterocycles. The molecular weight excluding hydrogens is 654 g/mol. The number of aryl methyl sites for hydroxylation is 1. The van der Waals surface area contributed by atoms with Gasteiger partial charge >= 0.3 is 5.97 Å². The predicted octanol–water partition coefficient (Wildman–Crippen LogP) is 8.06. The zero-order valence-corrected chi connectivity index (χ0v) is 31.5. The average molecular weight is 704 g/mol. The Morgan fingerprint density at radius 3 is 2.46 bits per heavy atom. The predicted molar refractivity (Wildman–Crippen MR) is 203 cm³/mol. The first-order valence-electron chi connectivity index (χ1n) is 18.7. The molecule has 0 saturated heterocycles. The smallest absolute Gasteiger partial charge is 0.306 e. The van der Waals surface area contributed by atoms with Crippen LogP contribution in [0.3, 0.4) is 0 Å². The van der Waals surface area contributed by atoms with Gasteiger partial charge in [-0.05, 0) is 75.0 Å². The summed E-state index contributed by atoms with van der Waals surface area (Å²) in [7, 11) is 1.37. The first-order valence-corrected chi connectivity index (χ1v) is 18.7. The quantitative estimate of drug-likeness (QED) is 0.143. The summed E-state index contributed by atoms with van der Waals surface area (Å²) in [5.74, 6) is -1.86. The number of aromatic nitrogens is 4. The van der Waals surface area contributed by atoms with E-state index in [1.165, 1.54) is 12.0 Å². The molecule has 0 radical (unpaired) electrons. The van der Waals surface area contributed by atoms with Gasteiger partial charge in [-0.25, -0.2) is 4.98 Å². The van der Waals surface area contributed by atoms with Crippen LogP contribution in [0.4, 0.5) is 0 Å². The number of rotatable bonds is 8. The minimum absolute atomic E-state index is 0.0203. The van der Waals surface area contributed by atoms with Crippen LogP contribution in [0.15, 0.2) is 24.3 Å². The monoisotopic (exact) mass is 703 g/mol. The fraction of sp³-hybridized carbons (Fsp3) is 0.452. The third-order valence-electron chi connectivity index (χ3n) is 12.0. The molecule has 7 rings (SSSR count). The van der Waals surface area contributed by atoms with Gasteiger partial charge < -0.3 is 19.8 Å². The molecule has 0 spiro atoms. The van der Waals surface area contributed by atoms with E-state index in [0.717, 1.165) is 76.3 Å². The lowest BCUT2D eigenvalue weighted by molar-refractivity contribution is -0.141. The van der Waals surface area contributed by atoms with Crippen LogP contribution in [0, 0.1) is 6.92 Å². The summed E-state index contributed by atoms with van der Waals surface area (Å²) >= 11 is 0. The first kappa shape index (κ1) is 35.6. The Balaban J connectivity index is 1.66. The number of nitrogens with one attached hydrogen (secondary N) is 2. The van der Waals surface area contributed by atoms with Crippen LogP contribution < -0.4 is 0 Å². The number of methoxy groups -OCH3 is 1. The molecule has 2 aromatic rings. The van der Waals surface area contributed by atoms with Gasteiger partial charge in [-0.3, -0.25) is 24.3 Å². The van der Waals surface area contributed by atoms with Gasteiger partial charge in [0, 0.05) is 40.8 Å². The number of carbonyl (C=O) groups excluding carboxylic acids is 3. The van der Waals surface area contributed by atoms with E-state index in [-0.39, 0.29) is 18.2 Å². The van der Waals surface area contributed by atoms with Gasteiger partial charge in [-0.15, -0.1) is 0 Å². The molecule has 0 saturated carbocycles. The zero-order chi connectivity index (χ0) is 37.2. The molecule has 0 fully saturated rings. The second kappa shape index (κ2) is 13.3. The molecule has 10 nitrogen and oxygen atoms in total. The summed E-state index contributed by atoms with van der Waals surface area (Å²) in [5, 5.41) is 11.6. The van der Waals surface area contributed by atoms with Gasteiger partial charge in [0.05, 0.1) is 64.5 Å². The van der Waals surface area contributed by atoms with Crippen LogP contribution in [0.2, 0.25) is 0 Å². The standard InChI is InChI=1S/C42H49N5O5/c1-9-12-13-14-17-47-40(50)34-23(6)29-19-30-24(10-2)21(4)28(43-30)20-31-27(11-3)42(7)32(48)16-15-25(39(42)45-31)36-22(5)26(18-33(49)52-8)37(46-36)35(41(47)51)38(34)44-29/h11,15-16,19-20,22,26,32,44,46,48H,9-10,12-14,17-18H2,1-8H3/b27-11+,30-19?,31-20?,36-25?,37-35?/t22-,26-,32?,42?/m0/s1. The maximum absolute atomic E-state index is 14.8. The number of carbonyl (C=O) groups is 3. The number of amides is 2. The largest absolute Gasteiger partial charge is 0.469 e. The van der Waals surface area contributed by atoms with E-state index in [9.17, 15) is 19.5 Å². The second-order valence-corrected chi connectivity index (χ2v) is 14.8. The number of hydrogen-bond acceptors (Lipinski definition) is 7. The molecule has 5 aliphatic rings. The number of H-pyrrole nitrogens is 2. The molecule has 272 valence electrons. The van der Waals surface area contributed by atoms with Crippen LogP contribution in [0.25, 0.3) is 33.8 Å². The number of nitrogens with zero attached hydrogens (tertiary/aromatic N) is 3. The van der Waals surface area contributed by atoms with Crippen molar-refractivity contribution in [3.63, 3.8) is 0 Å². The van der Waals surface area contributed by atoms with E-state index in [4.69, 9.17) is 14.7 Å². The lowest BCUT2D eigenvalue weighted by Gasteiger charge is -2.34. The van der Waals surface area contributed by atoms with Gasteiger partial charge in [0.25, 0.3) is 11.8 Å². The maximum atomic E-state index is 14.8. The molecule has 4 aliphatic heterocycles. The Bertz CT molecular complexity index is 2200. The summed E-state index contributed by atoms with van der Waals surface area (Å²) < 4.78 is 5.19. The Labute approximate surface area is 304 Å². The lowest BCUT2D eigenvalue weighted by Crippen LogP contribution is -2.41. The highest BCUT2D eigenvalue weighted by molar-refractivity contribution is 6.23. The molecule has 8 bridgehead atoms. The molecular formula is C42H49N5O5. The minimum atomic E-state index is -0.857. The fourth-order valence-corrected chi connectivity index (χ4v) is 8.90. The third kappa shape index (κ3) is 5.20. The number of imide groups is 1. The molecule has 2 amide bonds. The van der Waals surface area contributed by atoms with E-state index < -0.39 is 29.3 Å². The maximum Gasteiger partial charge on any atom is 0.306 e. The van der Waals surface area contributed by atoms with Crippen LogP contribution >= 0.6 is 0 Å². The van der Waals surface area contributed by atoms with Crippen molar-refractivity contribution in [2.24, 2.45) is 0 Å². The van der Waals surface area contributed by atoms with Crippen LogP contribution in [0.1, 0.15) is 158 Å². The van der Waals surface area contributed by atoms with Crippen molar-refractivity contribution >= 4 is 51.6 Å². The Morgan fingerprint density at radius 1 is 1.02 bits per heavy atom. The number of unbranched alkanes of at least 4 members (excludes halogenated alkanes) is 3. The summed E-state index contributed by atoms with van der Waals surface area (Å²) in [6, 6.07) is 3.99. The highest BCUT2D eigenvalue weighted by Crippen LogP contribution is 2.52. The van der Waals surface area contributed by atoms with Crippen molar-refractivity contribution in [2.45, 2.75) is 110 Å². The first-order chi connectivity index (χ1) is 24.9. The highest BCUT2D eigenvalue weighted by atomic mass is 16.5. The van der Waals surface area contributed by atoms with Crippen molar-refractivity contribution in [3.8, 4) is 0 Å². The number of allylic oxidation sites excluding steroid dienone is 3. The molecule has 52 heavy (non-hydrogen) atoms. The minimum Gasteiger partial charge on any atom is -0.469 e. The molecule has 4 atom stereocenters. The summed E-state index contributed by atoms with van der Waals surface area (Å²) in [4.78, 5) is 61.1. The van der Waals surface area contributed by atoms with E-state index in [1.807, 2.05) is 52.0 Å². The number of esters is 1. The van der Waals surface area contributed by atoms with Crippen molar-refractivity contribution in [2.75, 3.05) is 13.7 Å². The number of aliphatic hydroxyl groups excluding tert-OH is 1. The van der Waals surface area contributed by atoms with Crippen molar-refractivity contribution in [3.05, 3.63) is 80.7 Å². The fourth-order valence-electron chi connectivity index (χ4n) is 8.90. The number of aliphatic hydroxyl groups is 1. The van der Waals surface area contributed by atoms with Gasteiger partial charge in [0.2, 0.25) is 0 Å². The Morgan fingerprint density at radius 2 is 1.77 bits per heavy atom. The lowest BCUT2D eigenvalue weighted by atomic mass is 9.70. The SMILES string of the molecule is C/C=C1\c2cc3nc(cc4[nH]c5c(c6[nH]c(c7c(n2)C1(C)C(O)C=C7)[C@@H](C)[C@@H]6CC(=O)OC)C(=O)N(CCCCCC)C(=O)c5c4C)C(CC)=C3C. The van der Waals surface area contributed by atoms with Crippen molar-refractivity contribution in [1.29, 1.82) is 0 Å². The van der Waals surface area contributed by atoms with E-state index >= 15 is 0 Å². The number of fused-ring (bicyclic) bond motifs is 8. The molecule has 2 unspecified atom stereocenters. The van der Waals surface area contributed by atoms with Gasteiger partial charge in [0.1, 0.15) is 0 Å².